The van der Waals surface area contributed by atoms with Crippen molar-refractivity contribution in [2.24, 2.45) is 5.73 Å². The number of rotatable bonds is 7. The molecule has 0 aliphatic carbocycles. The van der Waals surface area contributed by atoms with Crippen molar-refractivity contribution in [2.75, 3.05) is 33.2 Å². The zero-order valence-electron chi connectivity index (χ0n) is 19.6. The Labute approximate surface area is 212 Å². The molecule has 4 aromatic rings. The second kappa shape index (κ2) is 9.94. The van der Waals surface area contributed by atoms with Crippen LogP contribution in [0.15, 0.2) is 48.9 Å². The quantitative estimate of drug-likeness (QED) is 0.402. The summed E-state index contributed by atoms with van der Waals surface area (Å²) in [6.45, 7) is 6.84. The van der Waals surface area contributed by atoms with E-state index < -0.39 is 5.91 Å². The number of piperazine rings is 1. The van der Waals surface area contributed by atoms with E-state index in [0.717, 1.165) is 60.0 Å². The van der Waals surface area contributed by atoms with Gasteiger partial charge in [-0.25, -0.2) is 4.98 Å². The molecular formula is C25H27ClN6O2S. The topological polar surface area (TPSA) is 89.5 Å². The summed E-state index contributed by atoms with van der Waals surface area (Å²) in [7, 11) is 2.15. The molecule has 1 saturated heterocycles. The van der Waals surface area contributed by atoms with Crippen LogP contribution in [0.4, 0.5) is 0 Å². The second-order valence-corrected chi connectivity index (χ2v) is 10.2. The number of nitrogens with zero attached hydrogens (tertiary/aromatic N) is 5. The van der Waals surface area contributed by atoms with Crippen LogP contribution in [0, 0.1) is 0 Å². The van der Waals surface area contributed by atoms with Gasteiger partial charge in [0, 0.05) is 49.4 Å². The number of nitrogens with two attached hydrogens (primary N) is 1. The lowest BCUT2D eigenvalue weighted by Gasteiger charge is -2.32. The van der Waals surface area contributed by atoms with Crippen LogP contribution < -0.4 is 10.5 Å². The van der Waals surface area contributed by atoms with Crippen molar-refractivity contribution < 1.29 is 9.53 Å². The maximum atomic E-state index is 12.2. The number of halogens is 1. The summed E-state index contributed by atoms with van der Waals surface area (Å²) in [5.41, 5.74) is 9.23. The van der Waals surface area contributed by atoms with E-state index in [0.29, 0.717) is 15.6 Å². The molecule has 4 heterocycles. The lowest BCUT2D eigenvalue weighted by Crippen LogP contribution is -2.44. The molecule has 182 valence electrons. The molecule has 0 bridgehead atoms. The second-order valence-electron chi connectivity index (χ2n) is 8.78. The zero-order chi connectivity index (χ0) is 24.5. The molecule has 0 radical (unpaired) electrons. The predicted molar refractivity (Wildman–Crippen MR) is 139 cm³/mol. The fourth-order valence-corrected chi connectivity index (χ4v) is 5.47. The monoisotopic (exact) mass is 510 g/mol. The van der Waals surface area contributed by atoms with Gasteiger partial charge in [0.15, 0.2) is 0 Å². The Kier molecular flexibility index (Phi) is 6.75. The van der Waals surface area contributed by atoms with Gasteiger partial charge < -0.3 is 15.4 Å². The van der Waals surface area contributed by atoms with E-state index in [1.54, 1.807) is 12.5 Å². The van der Waals surface area contributed by atoms with Crippen LogP contribution in [0.1, 0.15) is 34.0 Å². The first-order chi connectivity index (χ1) is 16.9. The highest BCUT2D eigenvalue weighted by atomic mass is 35.5. The van der Waals surface area contributed by atoms with Crippen LogP contribution in [0.25, 0.3) is 16.0 Å². The van der Waals surface area contributed by atoms with Gasteiger partial charge in [-0.15, -0.1) is 11.3 Å². The Hall–Kier alpha value is -2.98. The number of benzene rings is 1. The van der Waals surface area contributed by atoms with Gasteiger partial charge >= 0.3 is 0 Å². The average Bonchev–Trinajstić information content (AvgIpc) is 3.44. The molecule has 8 nitrogen and oxygen atoms in total. The highest BCUT2D eigenvalue weighted by molar-refractivity contribution is 7.16. The summed E-state index contributed by atoms with van der Waals surface area (Å²) in [5.74, 6) is -0.108. The van der Waals surface area contributed by atoms with Crippen LogP contribution in [0.5, 0.6) is 5.75 Å². The van der Waals surface area contributed by atoms with Crippen LogP contribution in [-0.2, 0) is 6.54 Å². The van der Waals surface area contributed by atoms with E-state index >= 15 is 0 Å². The average molecular weight is 511 g/mol. The number of pyridine rings is 1. The molecule has 2 N–H and O–H groups in total. The normalized spacial score (nSPS) is 16.0. The third-order valence-electron chi connectivity index (χ3n) is 6.26. The Balaban J connectivity index is 1.44. The fraction of sp³-hybridized carbons (Fsp3) is 0.320. The third kappa shape index (κ3) is 5.04. The standard InChI is InChI=1S/C25H27ClN6O2S/c1-16(18-5-3-4-6-19(18)26)34-22-12-23(35-24(22)25(27)33)32-15-29-20-13-28-17(11-21(20)32)14-31-9-7-30(2)8-10-31/h3-6,11-13,15-16H,7-10,14H2,1-2H3,(H2,27,33)/t16-/m1/s1. The van der Waals surface area contributed by atoms with E-state index in [1.165, 1.54) is 11.3 Å². The van der Waals surface area contributed by atoms with Gasteiger partial charge in [-0.2, -0.15) is 0 Å². The van der Waals surface area contributed by atoms with Crippen LogP contribution in [0.3, 0.4) is 0 Å². The molecule has 5 rings (SSSR count). The number of imidazole rings is 1. The number of amides is 1. The van der Waals surface area contributed by atoms with Crippen LogP contribution >= 0.6 is 22.9 Å². The summed E-state index contributed by atoms with van der Waals surface area (Å²) < 4.78 is 8.12. The predicted octanol–water partition coefficient (Wildman–Crippen LogP) is 4.12. The molecule has 1 atom stereocenters. The molecule has 0 spiro atoms. The molecule has 10 heteroatoms. The number of primary amides is 1. The van der Waals surface area contributed by atoms with Crippen LogP contribution in [-0.4, -0.2) is 63.5 Å². The SMILES string of the molecule is C[C@@H](Oc1cc(-n2cnc3cnc(CN4CCN(C)CC4)cc32)sc1C(N)=O)c1ccccc1Cl. The van der Waals surface area contributed by atoms with Gasteiger partial charge in [0.25, 0.3) is 5.91 Å². The number of hydrogen-bond donors (Lipinski definition) is 1. The highest BCUT2D eigenvalue weighted by Crippen LogP contribution is 2.37. The minimum Gasteiger partial charge on any atom is -0.484 e. The maximum Gasteiger partial charge on any atom is 0.262 e. The number of likely N-dealkylation sites (N-methyl/N-ethyl adjacent to an activating group) is 1. The molecule has 1 amide bonds. The summed E-state index contributed by atoms with van der Waals surface area (Å²) in [6.07, 6.45) is 3.18. The summed E-state index contributed by atoms with van der Waals surface area (Å²) in [6, 6.07) is 11.4. The number of hydrogen-bond acceptors (Lipinski definition) is 7. The molecule has 0 unspecified atom stereocenters. The number of carbonyl (C=O) groups is 1. The van der Waals surface area contributed by atoms with Crippen molar-refractivity contribution >= 4 is 39.9 Å². The summed E-state index contributed by atoms with van der Waals surface area (Å²) in [4.78, 5) is 26.5. The summed E-state index contributed by atoms with van der Waals surface area (Å²) >= 11 is 7.62. The third-order valence-corrected chi connectivity index (χ3v) is 7.74. The van der Waals surface area contributed by atoms with Crippen molar-refractivity contribution in [1.29, 1.82) is 0 Å². The van der Waals surface area contributed by atoms with Crippen molar-refractivity contribution in [3.63, 3.8) is 0 Å². The smallest absolute Gasteiger partial charge is 0.262 e. The van der Waals surface area contributed by atoms with E-state index in [-0.39, 0.29) is 6.10 Å². The number of aromatic nitrogens is 3. The molecule has 1 fully saturated rings. The van der Waals surface area contributed by atoms with Crippen molar-refractivity contribution in [2.45, 2.75) is 19.6 Å². The van der Waals surface area contributed by atoms with Crippen molar-refractivity contribution in [3.8, 4) is 10.8 Å². The first-order valence-electron chi connectivity index (χ1n) is 11.5. The number of carbonyl (C=O) groups excluding carboxylic acids is 1. The van der Waals surface area contributed by atoms with Gasteiger partial charge in [-0.05, 0) is 26.1 Å². The Morgan fingerprint density at radius 2 is 1.97 bits per heavy atom. The lowest BCUT2D eigenvalue weighted by atomic mass is 10.1. The first kappa shape index (κ1) is 23.7. The molecule has 1 aliphatic heterocycles. The fourth-order valence-electron chi connectivity index (χ4n) is 4.25. The minimum absolute atomic E-state index is 0.354. The van der Waals surface area contributed by atoms with Crippen molar-refractivity contribution in [3.05, 3.63) is 70.1 Å². The Morgan fingerprint density at radius 3 is 2.71 bits per heavy atom. The van der Waals surface area contributed by atoms with Gasteiger partial charge in [0.05, 0.1) is 17.4 Å². The van der Waals surface area contributed by atoms with E-state index in [9.17, 15) is 4.79 Å². The molecule has 1 aliphatic rings. The Morgan fingerprint density at radius 1 is 1.20 bits per heavy atom. The number of ether oxygens (including phenoxy) is 1. The van der Waals surface area contributed by atoms with Gasteiger partial charge in [0.2, 0.25) is 0 Å². The zero-order valence-corrected chi connectivity index (χ0v) is 21.2. The molecule has 3 aromatic heterocycles. The number of fused-ring (bicyclic) bond motifs is 1. The summed E-state index contributed by atoms with van der Waals surface area (Å²) in [5, 5.41) is 1.40. The Bertz CT molecular complexity index is 1360. The molecule has 0 saturated carbocycles. The maximum absolute atomic E-state index is 12.2. The van der Waals surface area contributed by atoms with E-state index in [4.69, 9.17) is 22.1 Å². The molecule has 1 aromatic carbocycles. The lowest BCUT2D eigenvalue weighted by molar-refractivity contribution is 0.0998. The molecular weight excluding hydrogens is 484 g/mol. The minimum atomic E-state index is -0.538. The van der Waals surface area contributed by atoms with Crippen LogP contribution in [0.2, 0.25) is 5.02 Å². The van der Waals surface area contributed by atoms with Gasteiger partial charge in [-0.1, -0.05) is 29.8 Å². The van der Waals surface area contributed by atoms with E-state index in [2.05, 4.69) is 32.9 Å². The van der Waals surface area contributed by atoms with Crippen molar-refractivity contribution in [1.82, 2.24) is 24.3 Å². The highest BCUT2D eigenvalue weighted by Gasteiger charge is 2.21. The van der Waals surface area contributed by atoms with Gasteiger partial charge in [0.1, 0.15) is 33.6 Å². The largest absolute Gasteiger partial charge is 0.484 e. The van der Waals surface area contributed by atoms with E-state index in [1.807, 2.05) is 41.8 Å². The molecule has 35 heavy (non-hydrogen) atoms. The first-order valence-corrected chi connectivity index (χ1v) is 12.7. The van der Waals surface area contributed by atoms with Gasteiger partial charge in [-0.3, -0.25) is 19.2 Å². The number of thiophene rings is 1.